The highest BCUT2D eigenvalue weighted by atomic mass is 16.5. The van der Waals surface area contributed by atoms with Crippen LogP contribution in [0.2, 0.25) is 0 Å². The van der Waals surface area contributed by atoms with Crippen LogP contribution < -0.4 is 5.32 Å². The standard InChI is InChI=1S/C16H24N2O4/c1-4-18(5-2)16(21)17-13(15(20)22-6-3)14(19)12-10-8-7-9-11-12/h7-11,13-14,19H,4-6H2,1-3H3,(H,17,21). The topological polar surface area (TPSA) is 78.9 Å². The van der Waals surface area contributed by atoms with Gasteiger partial charge in [-0.1, -0.05) is 30.3 Å². The number of hydrogen-bond acceptors (Lipinski definition) is 4. The Morgan fingerprint density at radius 2 is 1.77 bits per heavy atom. The number of carbonyl (C=O) groups is 2. The van der Waals surface area contributed by atoms with E-state index in [1.807, 2.05) is 19.9 Å². The van der Waals surface area contributed by atoms with Crippen LogP contribution in [0.3, 0.4) is 0 Å². The molecule has 0 aromatic heterocycles. The number of aliphatic hydroxyl groups is 1. The minimum atomic E-state index is -1.17. The summed E-state index contributed by atoms with van der Waals surface area (Å²) in [7, 11) is 0. The van der Waals surface area contributed by atoms with E-state index in [9.17, 15) is 14.7 Å². The zero-order chi connectivity index (χ0) is 16.5. The maximum absolute atomic E-state index is 12.2. The van der Waals surface area contributed by atoms with E-state index in [1.54, 1.807) is 31.2 Å². The second kappa shape index (κ2) is 9.04. The lowest BCUT2D eigenvalue weighted by Crippen LogP contribution is -2.51. The fourth-order valence-corrected chi connectivity index (χ4v) is 2.08. The third kappa shape index (κ3) is 4.73. The molecule has 122 valence electrons. The summed E-state index contributed by atoms with van der Waals surface area (Å²) in [4.78, 5) is 25.8. The predicted molar refractivity (Wildman–Crippen MR) is 83.3 cm³/mol. The Labute approximate surface area is 131 Å². The molecule has 0 saturated heterocycles. The number of nitrogens with one attached hydrogen (secondary N) is 1. The van der Waals surface area contributed by atoms with Gasteiger partial charge in [-0.05, 0) is 26.3 Å². The molecule has 0 aliphatic heterocycles. The van der Waals surface area contributed by atoms with Crippen molar-refractivity contribution in [3.8, 4) is 0 Å². The second-order valence-electron chi connectivity index (χ2n) is 4.71. The monoisotopic (exact) mass is 308 g/mol. The number of urea groups is 1. The third-order valence-corrected chi connectivity index (χ3v) is 3.33. The zero-order valence-electron chi connectivity index (χ0n) is 13.3. The van der Waals surface area contributed by atoms with Gasteiger partial charge in [0.25, 0.3) is 0 Å². The molecule has 2 N–H and O–H groups in total. The fraction of sp³-hybridized carbons (Fsp3) is 0.500. The molecule has 2 amide bonds. The van der Waals surface area contributed by atoms with Gasteiger partial charge >= 0.3 is 12.0 Å². The molecule has 1 rings (SSSR count). The number of ether oxygens (including phenoxy) is 1. The first-order valence-electron chi connectivity index (χ1n) is 7.50. The highest BCUT2D eigenvalue weighted by Gasteiger charge is 2.31. The van der Waals surface area contributed by atoms with Crippen molar-refractivity contribution in [2.45, 2.75) is 32.9 Å². The summed E-state index contributed by atoms with van der Waals surface area (Å²) in [6.07, 6.45) is -1.17. The lowest BCUT2D eigenvalue weighted by molar-refractivity contribution is -0.148. The van der Waals surface area contributed by atoms with Crippen molar-refractivity contribution in [2.24, 2.45) is 0 Å². The first kappa shape index (κ1) is 18.0. The van der Waals surface area contributed by atoms with Gasteiger partial charge in [-0.25, -0.2) is 9.59 Å². The molecule has 0 aliphatic carbocycles. The molecule has 0 spiro atoms. The number of carbonyl (C=O) groups excluding carboxylic acids is 2. The Morgan fingerprint density at radius 3 is 2.27 bits per heavy atom. The molecular formula is C16H24N2O4. The van der Waals surface area contributed by atoms with E-state index in [1.165, 1.54) is 4.90 Å². The summed E-state index contributed by atoms with van der Waals surface area (Å²) >= 11 is 0. The van der Waals surface area contributed by atoms with Crippen molar-refractivity contribution in [1.29, 1.82) is 0 Å². The predicted octanol–water partition coefficient (Wildman–Crippen LogP) is 1.70. The summed E-state index contributed by atoms with van der Waals surface area (Å²) in [5.41, 5.74) is 0.542. The van der Waals surface area contributed by atoms with Gasteiger partial charge in [0, 0.05) is 13.1 Å². The highest BCUT2D eigenvalue weighted by Crippen LogP contribution is 2.18. The molecule has 0 aliphatic rings. The quantitative estimate of drug-likeness (QED) is 0.752. The van der Waals surface area contributed by atoms with E-state index in [2.05, 4.69) is 5.32 Å². The van der Waals surface area contributed by atoms with Gasteiger partial charge in [0.05, 0.1) is 6.61 Å². The van der Waals surface area contributed by atoms with Crippen LogP contribution >= 0.6 is 0 Å². The van der Waals surface area contributed by atoms with Gasteiger partial charge in [-0.3, -0.25) is 0 Å². The molecule has 22 heavy (non-hydrogen) atoms. The van der Waals surface area contributed by atoms with Crippen LogP contribution in [0.25, 0.3) is 0 Å². The number of nitrogens with zero attached hydrogens (tertiary/aromatic N) is 1. The van der Waals surface area contributed by atoms with Crippen LogP contribution in [0.4, 0.5) is 4.79 Å². The summed E-state index contributed by atoms with van der Waals surface area (Å²) in [6.45, 7) is 6.57. The van der Waals surface area contributed by atoms with Gasteiger partial charge in [0.1, 0.15) is 6.10 Å². The Hall–Kier alpha value is -2.08. The largest absolute Gasteiger partial charge is 0.464 e. The summed E-state index contributed by atoms with van der Waals surface area (Å²) < 4.78 is 4.96. The second-order valence-corrected chi connectivity index (χ2v) is 4.71. The molecule has 1 aromatic carbocycles. The van der Waals surface area contributed by atoms with Crippen LogP contribution in [0.15, 0.2) is 30.3 Å². The highest BCUT2D eigenvalue weighted by molar-refractivity contribution is 5.84. The van der Waals surface area contributed by atoms with Crippen LogP contribution in [-0.2, 0) is 9.53 Å². The molecule has 6 nitrogen and oxygen atoms in total. The minimum absolute atomic E-state index is 0.179. The Balaban J connectivity index is 2.93. The van der Waals surface area contributed by atoms with Crippen molar-refractivity contribution in [3.63, 3.8) is 0 Å². The average molecular weight is 308 g/mol. The minimum Gasteiger partial charge on any atom is -0.464 e. The van der Waals surface area contributed by atoms with Crippen LogP contribution in [0.1, 0.15) is 32.4 Å². The van der Waals surface area contributed by atoms with Crippen molar-refractivity contribution < 1.29 is 19.4 Å². The van der Waals surface area contributed by atoms with Gasteiger partial charge in [0.15, 0.2) is 6.04 Å². The van der Waals surface area contributed by atoms with Crippen molar-refractivity contribution in [1.82, 2.24) is 10.2 Å². The van der Waals surface area contributed by atoms with E-state index in [4.69, 9.17) is 4.74 Å². The molecule has 0 heterocycles. The molecule has 2 atom stereocenters. The van der Waals surface area contributed by atoms with E-state index >= 15 is 0 Å². The molecule has 0 radical (unpaired) electrons. The number of rotatable bonds is 7. The average Bonchev–Trinajstić information content (AvgIpc) is 2.54. The Kier molecular flexibility index (Phi) is 7.39. The van der Waals surface area contributed by atoms with Crippen LogP contribution in [0, 0.1) is 0 Å². The number of aliphatic hydroxyl groups excluding tert-OH is 1. The number of benzene rings is 1. The smallest absolute Gasteiger partial charge is 0.331 e. The summed E-state index contributed by atoms with van der Waals surface area (Å²) in [5, 5.41) is 13.0. The molecule has 0 fully saturated rings. The SMILES string of the molecule is CCOC(=O)C(NC(=O)N(CC)CC)C(O)c1ccccc1. The molecule has 6 heteroatoms. The lowest BCUT2D eigenvalue weighted by atomic mass is 10.0. The fourth-order valence-electron chi connectivity index (χ4n) is 2.08. The Bertz CT molecular complexity index is 474. The molecule has 0 saturated carbocycles. The van der Waals surface area contributed by atoms with E-state index < -0.39 is 24.1 Å². The van der Waals surface area contributed by atoms with Gasteiger partial charge in [0.2, 0.25) is 0 Å². The number of esters is 1. The van der Waals surface area contributed by atoms with E-state index in [-0.39, 0.29) is 6.61 Å². The van der Waals surface area contributed by atoms with E-state index in [0.29, 0.717) is 18.7 Å². The number of hydrogen-bond donors (Lipinski definition) is 2. The van der Waals surface area contributed by atoms with Crippen molar-refractivity contribution in [3.05, 3.63) is 35.9 Å². The zero-order valence-corrected chi connectivity index (χ0v) is 13.3. The summed E-state index contributed by atoms with van der Waals surface area (Å²) in [5.74, 6) is -0.653. The van der Waals surface area contributed by atoms with Gasteiger partial charge < -0.3 is 20.1 Å². The maximum Gasteiger partial charge on any atom is 0.331 e. The van der Waals surface area contributed by atoms with Crippen LogP contribution in [-0.4, -0.2) is 47.7 Å². The van der Waals surface area contributed by atoms with Crippen molar-refractivity contribution >= 4 is 12.0 Å². The first-order valence-corrected chi connectivity index (χ1v) is 7.50. The third-order valence-electron chi connectivity index (χ3n) is 3.33. The summed E-state index contributed by atoms with van der Waals surface area (Å²) in [6, 6.07) is 7.17. The van der Waals surface area contributed by atoms with Crippen molar-refractivity contribution in [2.75, 3.05) is 19.7 Å². The molecule has 1 aromatic rings. The molecule has 0 bridgehead atoms. The lowest BCUT2D eigenvalue weighted by Gasteiger charge is -2.26. The van der Waals surface area contributed by atoms with E-state index in [0.717, 1.165) is 0 Å². The van der Waals surface area contributed by atoms with Crippen LogP contribution in [0.5, 0.6) is 0 Å². The maximum atomic E-state index is 12.2. The van der Waals surface area contributed by atoms with Gasteiger partial charge in [-0.15, -0.1) is 0 Å². The molecular weight excluding hydrogens is 284 g/mol. The molecule has 2 unspecified atom stereocenters. The normalized spacial score (nSPS) is 13.1. The Morgan fingerprint density at radius 1 is 1.18 bits per heavy atom. The first-order chi connectivity index (χ1) is 10.5. The van der Waals surface area contributed by atoms with Gasteiger partial charge in [-0.2, -0.15) is 0 Å². The number of amides is 2.